The van der Waals surface area contributed by atoms with Crippen molar-refractivity contribution in [2.75, 3.05) is 7.05 Å². The molecule has 1 aromatic carbocycles. The molecular weight excluding hydrogens is 195 g/mol. The predicted octanol–water partition coefficient (Wildman–Crippen LogP) is 1.98. The van der Waals surface area contributed by atoms with Crippen molar-refractivity contribution in [3.05, 3.63) is 35.3 Å². The Morgan fingerprint density at radius 3 is 2.87 bits per heavy atom. The van der Waals surface area contributed by atoms with Gasteiger partial charge in [-0.2, -0.15) is 0 Å². The Kier molecular flexibility index (Phi) is 2.19. The molecule has 2 N–H and O–H groups in total. The average molecular weight is 206 g/mol. The maximum absolute atomic E-state index is 13.0. The van der Waals surface area contributed by atoms with E-state index in [9.17, 15) is 9.18 Å². The Hall–Kier alpha value is -1.84. The lowest BCUT2D eigenvalue weighted by Gasteiger charge is -1.98. The van der Waals surface area contributed by atoms with Crippen LogP contribution in [0.25, 0.3) is 10.9 Å². The topological polar surface area (TPSA) is 44.9 Å². The van der Waals surface area contributed by atoms with Gasteiger partial charge in [-0.3, -0.25) is 4.79 Å². The van der Waals surface area contributed by atoms with Gasteiger partial charge in [0.2, 0.25) is 0 Å². The molecular formula is C11H11FN2O. The summed E-state index contributed by atoms with van der Waals surface area (Å²) in [5.74, 6) is -0.545. The van der Waals surface area contributed by atoms with Crippen LogP contribution in [0.5, 0.6) is 0 Å². The van der Waals surface area contributed by atoms with Gasteiger partial charge in [-0.15, -0.1) is 0 Å². The minimum atomic E-state index is -0.341. The van der Waals surface area contributed by atoms with Gasteiger partial charge in [0.1, 0.15) is 5.82 Å². The number of hydrogen-bond acceptors (Lipinski definition) is 1. The number of nitrogens with one attached hydrogen (secondary N) is 2. The van der Waals surface area contributed by atoms with Crippen LogP contribution in [0.2, 0.25) is 0 Å². The summed E-state index contributed by atoms with van der Waals surface area (Å²) in [7, 11) is 1.56. The zero-order chi connectivity index (χ0) is 11.0. The molecule has 0 fully saturated rings. The summed E-state index contributed by atoms with van der Waals surface area (Å²) < 4.78 is 13.0. The van der Waals surface area contributed by atoms with Crippen molar-refractivity contribution < 1.29 is 9.18 Å². The number of amides is 1. The molecule has 0 atom stereocenters. The number of halogens is 1. The molecule has 0 radical (unpaired) electrons. The summed E-state index contributed by atoms with van der Waals surface area (Å²) in [6.45, 7) is 1.79. The van der Waals surface area contributed by atoms with Gasteiger partial charge in [0.05, 0.1) is 5.56 Å². The standard InChI is InChI=1S/C11H11FN2O/c1-6-10(11(15)13-2)8-5-7(12)3-4-9(8)14-6/h3-5,14H,1-2H3,(H,13,15). The molecule has 15 heavy (non-hydrogen) atoms. The molecule has 1 aromatic heterocycles. The van der Waals surface area contributed by atoms with Crippen LogP contribution in [0.15, 0.2) is 18.2 Å². The van der Waals surface area contributed by atoms with E-state index in [4.69, 9.17) is 0 Å². The van der Waals surface area contributed by atoms with E-state index in [0.717, 1.165) is 11.2 Å². The second kappa shape index (κ2) is 3.38. The Balaban J connectivity index is 2.76. The van der Waals surface area contributed by atoms with E-state index < -0.39 is 0 Å². The molecule has 0 aliphatic rings. The smallest absolute Gasteiger partial charge is 0.253 e. The summed E-state index contributed by atoms with van der Waals surface area (Å²) in [5.41, 5.74) is 2.02. The van der Waals surface area contributed by atoms with Gasteiger partial charge in [0.25, 0.3) is 5.91 Å². The number of aromatic amines is 1. The summed E-state index contributed by atoms with van der Waals surface area (Å²) in [4.78, 5) is 14.6. The maximum atomic E-state index is 13.0. The number of H-pyrrole nitrogens is 1. The van der Waals surface area contributed by atoms with E-state index in [1.807, 2.05) is 0 Å². The molecule has 3 nitrogen and oxygen atoms in total. The fourth-order valence-electron chi connectivity index (χ4n) is 1.72. The fraction of sp³-hybridized carbons (Fsp3) is 0.182. The monoisotopic (exact) mass is 206 g/mol. The molecule has 0 aliphatic carbocycles. The number of carbonyl (C=O) groups excluding carboxylic acids is 1. The van der Waals surface area contributed by atoms with Crippen molar-refractivity contribution in [3.63, 3.8) is 0 Å². The van der Waals surface area contributed by atoms with Gasteiger partial charge in [0, 0.05) is 23.6 Å². The molecule has 78 valence electrons. The highest BCUT2D eigenvalue weighted by atomic mass is 19.1. The first-order valence-corrected chi connectivity index (χ1v) is 4.63. The summed E-state index contributed by atoms with van der Waals surface area (Å²) >= 11 is 0. The van der Waals surface area contributed by atoms with Gasteiger partial charge in [-0.1, -0.05) is 0 Å². The number of aryl methyl sites for hydroxylation is 1. The van der Waals surface area contributed by atoms with Crippen LogP contribution in [-0.2, 0) is 0 Å². The van der Waals surface area contributed by atoms with Gasteiger partial charge in [0.15, 0.2) is 0 Å². The predicted molar refractivity (Wildman–Crippen MR) is 56.4 cm³/mol. The number of hydrogen-bond donors (Lipinski definition) is 2. The first-order valence-electron chi connectivity index (χ1n) is 4.63. The molecule has 0 saturated carbocycles. The second-order valence-electron chi connectivity index (χ2n) is 3.39. The third-order valence-corrected chi connectivity index (χ3v) is 2.40. The van der Waals surface area contributed by atoms with Crippen molar-refractivity contribution in [2.24, 2.45) is 0 Å². The molecule has 1 heterocycles. The molecule has 2 rings (SSSR count). The highest BCUT2D eigenvalue weighted by molar-refractivity contribution is 6.08. The number of fused-ring (bicyclic) bond motifs is 1. The molecule has 1 amide bonds. The summed E-state index contributed by atoms with van der Waals surface area (Å²) in [5, 5.41) is 3.16. The number of aromatic nitrogens is 1. The molecule has 0 unspecified atom stereocenters. The van der Waals surface area contributed by atoms with E-state index in [2.05, 4.69) is 10.3 Å². The van der Waals surface area contributed by atoms with Crippen LogP contribution >= 0.6 is 0 Å². The number of benzene rings is 1. The lowest BCUT2D eigenvalue weighted by atomic mass is 10.1. The quantitative estimate of drug-likeness (QED) is 0.736. The van der Waals surface area contributed by atoms with E-state index in [1.54, 1.807) is 20.0 Å². The van der Waals surface area contributed by atoms with Crippen molar-refractivity contribution >= 4 is 16.8 Å². The SMILES string of the molecule is CNC(=O)c1c(C)[nH]c2ccc(F)cc12. The average Bonchev–Trinajstić information content (AvgIpc) is 2.52. The maximum Gasteiger partial charge on any atom is 0.253 e. The Bertz CT molecular complexity index is 531. The first-order chi connectivity index (χ1) is 7.13. The molecule has 2 aromatic rings. The third-order valence-electron chi connectivity index (χ3n) is 2.40. The Labute approximate surface area is 86.3 Å². The van der Waals surface area contributed by atoms with E-state index in [-0.39, 0.29) is 11.7 Å². The van der Waals surface area contributed by atoms with Gasteiger partial charge in [-0.05, 0) is 25.1 Å². The zero-order valence-electron chi connectivity index (χ0n) is 8.52. The molecule has 0 saturated heterocycles. The Morgan fingerprint density at radius 2 is 2.20 bits per heavy atom. The first kappa shape index (κ1) is 9.71. The normalized spacial score (nSPS) is 10.6. The van der Waals surface area contributed by atoms with Crippen molar-refractivity contribution in [1.82, 2.24) is 10.3 Å². The van der Waals surface area contributed by atoms with E-state index in [0.29, 0.717) is 10.9 Å². The van der Waals surface area contributed by atoms with E-state index >= 15 is 0 Å². The van der Waals surface area contributed by atoms with Crippen molar-refractivity contribution in [3.8, 4) is 0 Å². The fourth-order valence-corrected chi connectivity index (χ4v) is 1.72. The number of rotatable bonds is 1. The number of carbonyl (C=O) groups is 1. The van der Waals surface area contributed by atoms with Crippen LogP contribution in [0.4, 0.5) is 4.39 Å². The van der Waals surface area contributed by atoms with Gasteiger partial charge in [-0.25, -0.2) is 4.39 Å². The van der Waals surface area contributed by atoms with Gasteiger partial charge >= 0.3 is 0 Å². The zero-order valence-corrected chi connectivity index (χ0v) is 8.52. The van der Waals surface area contributed by atoms with Crippen LogP contribution in [-0.4, -0.2) is 17.9 Å². The minimum Gasteiger partial charge on any atom is -0.358 e. The molecule has 0 spiro atoms. The summed E-state index contributed by atoms with van der Waals surface area (Å²) in [6, 6.07) is 4.36. The van der Waals surface area contributed by atoms with Gasteiger partial charge < -0.3 is 10.3 Å². The minimum absolute atomic E-state index is 0.204. The molecule has 0 bridgehead atoms. The molecule has 0 aliphatic heterocycles. The largest absolute Gasteiger partial charge is 0.358 e. The Morgan fingerprint density at radius 1 is 1.47 bits per heavy atom. The van der Waals surface area contributed by atoms with Crippen LogP contribution in [0.3, 0.4) is 0 Å². The highest BCUT2D eigenvalue weighted by Gasteiger charge is 2.14. The second-order valence-corrected chi connectivity index (χ2v) is 3.39. The van der Waals surface area contributed by atoms with Crippen LogP contribution < -0.4 is 5.32 Å². The third kappa shape index (κ3) is 1.48. The lowest BCUT2D eigenvalue weighted by molar-refractivity contribution is 0.0964. The van der Waals surface area contributed by atoms with Crippen molar-refractivity contribution in [1.29, 1.82) is 0 Å². The van der Waals surface area contributed by atoms with Crippen LogP contribution in [0.1, 0.15) is 16.1 Å². The lowest BCUT2D eigenvalue weighted by Crippen LogP contribution is -2.18. The van der Waals surface area contributed by atoms with Crippen LogP contribution in [0, 0.1) is 12.7 Å². The summed E-state index contributed by atoms with van der Waals surface area (Å²) in [6.07, 6.45) is 0. The highest BCUT2D eigenvalue weighted by Crippen LogP contribution is 2.22. The van der Waals surface area contributed by atoms with E-state index in [1.165, 1.54) is 12.1 Å². The van der Waals surface area contributed by atoms with Crippen molar-refractivity contribution in [2.45, 2.75) is 6.92 Å². The molecule has 4 heteroatoms.